The zero-order valence-electron chi connectivity index (χ0n) is 20.9. The Labute approximate surface area is 221 Å². The summed E-state index contributed by atoms with van der Waals surface area (Å²) in [6.45, 7) is 2.49. The van der Waals surface area contributed by atoms with Crippen molar-refractivity contribution in [2.75, 3.05) is 12.3 Å². The second-order valence-electron chi connectivity index (χ2n) is 9.21. The Bertz CT molecular complexity index is 1720. The van der Waals surface area contributed by atoms with Crippen LogP contribution in [0.4, 0.5) is 9.18 Å². The van der Waals surface area contributed by atoms with Gasteiger partial charge in [-0.25, -0.2) is 17.6 Å². The molecule has 0 radical (unpaired) electrons. The number of hydrogen-bond donors (Lipinski definition) is 2. The molecule has 2 amide bonds. The lowest BCUT2D eigenvalue weighted by Gasteiger charge is -2.11. The fourth-order valence-corrected chi connectivity index (χ4v) is 6.50. The summed E-state index contributed by atoms with van der Waals surface area (Å²) in [6, 6.07) is 26.9. The molecule has 38 heavy (non-hydrogen) atoms. The largest absolute Gasteiger partial charge is 0.339 e. The van der Waals surface area contributed by atoms with Crippen LogP contribution in [0.15, 0.2) is 95.9 Å². The molecule has 0 saturated carbocycles. The highest BCUT2D eigenvalue weighted by Crippen LogP contribution is 2.31. The maximum Gasteiger partial charge on any atom is 0.315 e. The first kappa shape index (κ1) is 25.5. The van der Waals surface area contributed by atoms with Crippen LogP contribution in [0, 0.1) is 12.7 Å². The fraction of sp³-hybridized carbons (Fsp3) is 0.167. The van der Waals surface area contributed by atoms with Crippen LogP contribution in [0.3, 0.4) is 0 Å². The number of nitrogens with zero attached hydrogens (tertiary/aromatic N) is 1. The maximum atomic E-state index is 13.5. The van der Waals surface area contributed by atoms with Gasteiger partial charge >= 0.3 is 6.03 Å². The zero-order chi connectivity index (χ0) is 26.7. The summed E-state index contributed by atoms with van der Waals surface area (Å²) in [7, 11) is -3.71. The van der Waals surface area contributed by atoms with Gasteiger partial charge in [-0.15, -0.1) is 0 Å². The van der Waals surface area contributed by atoms with Gasteiger partial charge in [0.25, 0.3) is 0 Å². The molecule has 4 aromatic carbocycles. The smallest absolute Gasteiger partial charge is 0.315 e. The Morgan fingerprint density at radius 3 is 2.32 bits per heavy atom. The lowest BCUT2D eigenvalue weighted by atomic mass is 10.0. The van der Waals surface area contributed by atoms with Crippen molar-refractivity contribution in [3.05, 3.63) is 114 Å². The van der Waals surface area contributed by atoms with Crippen molar-refractivity contribution in [2.45, 2.75) is 24.9 Å². The highest BCUT2D eigenvalue weighted by atomic mass is 32.2. The third-order valence-corrected chi connectivity index (χ3v) is 8.59. The van der Waals surface area contributed by atoms with E-state index in [1.54, 1.807) is 25.1 Å². The van der Waals surface area contributed by atoms with Crippen molar-refractivity contribution in [3.63, 3.8) is 0 Å². The number of halogens is 1. The van der Waals surface area contributed by atoms with Gasteiger partial charge in [0.15, 0.2) is 9.84 Å². The average molecular weight is 530 g/mol. The van der Waals surface area contributed by atoms with Crippen LogP contribution in [-0.4, -0.2) is 31.3 Å². The number of hydrogen-bond acceptors (Lipinski definition) is 3. The van der Waals surface area contributed by atoms with Crippen LogP contribution >= 0.6 is 0 Å². The normalized spacial score (nSPS) is 11.6. The summed E-state index contributed by atoms with van der Waals surface area (Å²) in [4.78, 5) is 12.7. The number of benzene rings is 4. The highest BCUT2D eigenvalue weighted by Gasteiger charge is 2.25. The first-order chi connectivity index (χ1) is 18.3. The van der Waals surface area contributed by atoms with E-state index in [9.17, 15) is 17.6 Å². The predicted molar refractivity (Wildman–Crippen MR) is 148 cm³/mol. The van der Waals surface area contributed by atoms with E-state index < -0.39 is 15.9 Å². The number of carbonyl (C=O) groups excluding carboxylic acids is 1. The molecule has 0 unspecified atom stereocenters. The Kier molecular flexibility index (Phi) is 7.15. The van der Waals surface area contributed by atoms with Gasteiger partial charge in [0.1, 0.15) is 5.82 Å². The first-order valence-electron chi connectivity index (χ1n) is 12.4. The molecule has 0 aliphatic rings. The fourth-order valence-electron chi connectivity index (χ4n) is 4.85. The minimum absolute atomic E-state index is 0.0272. The zero-order valence-corrected chi connectivity index (χ0v) is 21.8. The van der Waals surface area contributed by atoms with E-state index in [4.69, 9.17) is 0 Å². The standard InChI is InChI=1S/C30H28FN3O3S/c1-21-29(27-11-4-5-12-28(27)34(21)20-22-13-15-25(31)16-14-22)38(36,37)18-17-32-30(35)33-19-24-9-6-8-23-7-2-3-10-26(23)24/h2-16H,17-20H2,1H3,(H2,32,33,35). The molecule has 8 heteroatoms. The number of para-hydroxylation sites is 1. The summed E-state index contributed by atoms with van der Waals surface area (Å²) in [6.07, 6.45) is 0. The van der Waals surface area contributed by atoms with Crippen LogP contribution in [0.25, 0.3) is 21.7 Å². The Hall–Kier alpha value is -4.17. The van der Waals surface area contributed by atoms with Crippen molar-refractivity contribution < 1.29 is 17.6 Å². The molecular weight excluding hydrogens is 501 g/mol. The third-order valence-electron chi connectivity index (χ3n) is 6.71. The van der Waals surface area contributed by atoms with Crippen LogP contribution in [-0.2, 0) is 22.9 Å². The SMILES string of the molecule is Cc1c(S(=O)(=O)CCNC(=O)NCc2cccc3ccccc23)c2ccccc2n1Cc1ccc(F)cc1. The van der Waals surface area contributed by atoms with Gasteiger partial charge in [-0.2, -0.15) is 0 Å². The second-order valence-corrected chi connectivity index (χ2v) is 11.3. The molecule has 194 valence electrons. The molecule has 0 bridgehead atoms. The van der Waals surface area contributed by atoms with Crippen LogP contribution in [0.5, 0.6) is 0 Å². The minimum atomic E-state index is -3.71. The van der Waals surface area contributed by atoms with E-state index >= 15 is 0 Å². The number of carbonyl (C=O) groups is 1. The van der Waals surface area contributed by atoms with E-state index in [1.807, 2.05) is 65.2 Å². The summed E-state index contributed by atoms with van der Waals surface area (Å²) < 4.78 is 42.2. The molecule has 5 aromatic rings. The van der Waals surface area contributed by atoms with Crippen LogP contribution in [0.2, 0.25) is 0 Å². The average Bonchev–Trinajstić information content (AvgIpc) is 3.20. The lowest BCUT2D eigenvalue weighted by molar-refractivity contribution is 0.241. The number of fused-ring (bicyclic) bond motifs is 2. The van der Waals surface area contributed by atoms with Crippen LogP contribution < -0.4 is 10.6 Å². The minimum Gasteiger partial charge on any atom is -0.339 e. The van der Waals surface area contributed by atoms with E-state index in [0.717, 1.165) is 27.4 Å². The summed E-state index contributed by atoms with van der Waals surface area (Å²) in [5.41, 5.74) is 3.24. The van der Waals surface area contributed by atoms with Crippen LogP contribution in [0.1, 0.15) is 16.8 Å². The molecular formula is C30H28FN3O3S. The van der Waals surface area contributed by atoms with Crippen molar-refractivity contribution in [3.8, 4) is 0 Å². The predicted octanol–water partition coefficient (Wildman–Crippen LogP) is 5.56. The van der Waals surface area contributed by atoms with E-state index in [1.165, 1.54) is 12.1 Å². The quantitative estimate of drug-likeness (QED) is 0.276. The summed E-state index contributed by atoms with van der Waals surface area (Å²) in [5.74, 6) is -0.556. The van der Waals surface area contributed by atoms with Gasteiger partial charge in [-0.3, -0.25) is 0 Å². The molecule has 0 saturated heterocycles. The molecule has 0 spiro atoms. The monoisotopic (exact) mass is 529 g/mol. The van der Waals surface area contributed by atoms with Gasteiger partial charge in [-0.1, -0.05) is 72.8 Å². The number of nitrogens with one attached hydrogen (secondary N) is 2. The summed E-state index contributed by atoms with van der Waals surface area (Å²) >= 11 is 0. The van der Waals surface area contributed by atoms with E-state index in [-0.39, 0.29) is 23.0 Å². The molecule has 1 heterocycles. The first-order valence-corrected chi connectivity index (χ1v) is 14.0. The van der Waals surface area contributed by atoms with Crippen molar-refractivity contribution >= 4 is 37.5 Å². The molecule has 6 nitrogen and oxygen atoms in total. The molecule has 0 aliphatic heterocycles. The van der Waals surface area contributed by atoms with Gasteiger partial charge in [0.05, 0.1) is 10.6 Å². The third kappa shape index (κ3) is 5.26. The number of amides is 2. The molecule has 1 aromatic heterocycles. The van der Waals surface area contributed by atoms with Crippen molar-refractivity contribution in [1.29, 1.82) is 0 Å². The molecule has 0 fully saturated rings. The van der Waals surface area contributed by atoms with Gasteiger partial charge < -0.3 is 15.2 Å². The number of urea groups is 1. The Balaban J connectivity index is 1.28. The molecule has 2 N–H and O–H groups in total. The molecule has 5 rings (SSSR count). The number of aromatic nitrogens is 1. The highest BCUT2D eigenvalue weighted by molar-refractivity contribution is 7.91. The lowest BCUT2D eigenvalue weighted by Crippen LogP contribution is -2.37. The topological polar surface area (TPSA) is 80.2 Å². The Morgan fingerprint density at radius 2 is 1.53 bits per heavy atom. The van der Waals surface area contributed by atoms with Gasteiger partial charge in [0.2, 0.25) is 0 Å². The van der Waals surface area contributed by atoms with Crippen molar-refractivity contribution in [2.24, 2.45) is 0 Å². The van der Waals surface area contributed by atoms with Crippen molar-refractivity contribution in [1.82, 2.24) is 15.2 Å². The van der Waals surface area contributed by atoms with Gasteiger partial charge in [-0.05, 0) is 47.0 Å². The molecule has 0 atom stereocenters. The maximum absolute atomic E-state index is 13.5. The summed E-state index contributed by atoms with van der Waals surface area (Å²) in [5, 5.41) is 8.28. The Morgan fingerprint density at radius 1 is 0.842 bits per heavy atom. The number of rotatable bonds is 8. The molecule has 0 aliphatic carbocycles. The van der Waals surface area contributed by atoms with E-state index in [2.05, 4.69) is 10.6 Å². The second kappa shape index (κ2) is 10.7. The van der Waals surface area contributed by atoms with E-state index in [0.29, 0.717) is 24.2 Å². The number of sulfone groups is 1. The van der Waals surface area contributed by atoms with Gasteiger partial charge in [0, 0.05) is 36.2 Å².